The van der Waals surface area contributed by atoms with Gasteiger partial charge in [0.15, 0.2) is 0 Å². The van der Waals surface area contributed by atoms with E-state index in [1.807, 2.05) is 32.9 Å². The number of ether oxygens (including phenoxy) is 1. The Labute approximate surface area is 145 Å². The molecular formula is C17H24BrFN2O2. The van der Waals surface area contributed by atoms with Crippen LogP contribution in [0.1, 0.15) is 26.3 Å². The second-order valence-corrected chi connectivity index (χ2v) is 7.66. The monoisotopic (exact) mass is 386 g/mol. The Hall–Kier alpha value is -1.14. The Kier molecular flexibility index (Phi) is 6.03. The van der Waals surface area contributed by atoms with Crippen LogP contribution in [0.5, 0.6) is 0 Å². The van der Waals surface area contributed by atoms with E-state index in [0.29, 0.717) is 17.6 Å². The lowest BCUT2D eigenvalue weighted by Crippen LogP contribution is -2.50. The number of rotatable bonds is 3. The second-order valence-electron chi connectivity index (χ2n) is 6.81. The first-order valence-corrected chi connectivity index (χ1v) is 8.68. The van der Waals surface area contributed by atoms with E-state index < -0.39 is 5.60 Å². The molecule has 1 fully saturated rings. The molecule has 0 radical (unpaired) electrons. The first-order valence-electron chi connectivity index (χ1n) is 7.89. The number of nitrogens with zero attached hydrogens (tertiary/aromatic N) is 2. The maximum Gasteiger partial charge on any atom is 0.410 e. The number of hydrogen-bond acceptors (Lipinski definition) is 3. The molecule has 0 spiro atoms. The lowest BCUT2D eigenvalue weighted by atomic mass is 10.1. The molecular weight excluding hydrogens is 363 g/mol. The van der Waals surface area contributed by atoms with E-state index in [1.54, 1.807) is 4.90 Å². The van der Waals surface area contributed by atoms with E-state index in [4.69, 9.17) is 4.74 Å². The molecule has 1 aliphatic heterocycles. The molecule has 0 aliphatic carbocycles. The van der Waals surface area contributed by atoms with Crippen molar-refractivity contribution >= 4 is 22.0 Å². The molecule has 6 heteroatoms. The first-order chi connectivity index (χ1) is 10.7. The van der Waals surface area contributed by atoms with Crippen LogP contribution in [0, 0.1) is 5.82 Å². The summed E-state index contributed by atoms with van der Waals surface area (Å²) < 4.78 is 19.1. The molecule has 1 saturated heterocycles. The summed E-state index contributed by atoms with van der Waals surface area (Å²) in [5.41, 5.74) is 0.650. The van der Waals surface area contributed by atoms with Gasteiger partial charge in [-0.05, 0) is 60.8 Å². The Morgan fingerprint density at radius 3 is 2.48 bits per heavy atom. The fraction of sp³-hybridized carbons (Fsp3) is 0.588. The minimum Gasteiger partial charge on any atom is -0.444 e. The van der Waals surface area contributed by atoms with Crippen molar-refractivity contribution in [2.75, 3.05) is 32.7 Å². The van der Waals surface area contributed by atoms with Crippen molar-refractivity contribution in [1.29, 1.82) is 0 Å². The molecule has 4 nitrogen and oxygen atoms in total. The van der Waals surface area contributed by atoms with Crippen LogP contribution in [-0.4, -0.2) is 54.2 Å². The maximum absolute atomic E-state index is 13.2. The highest BCUT2D eigenvalue weighted by atomic mass is 79.9. The van der Waals surface area contributed by atoms with Crippen LogP contribution in [0.2, 0.25) is 0 Å². The average molecular weight is 387 g/mol. The molecule has 0 N–H and O–H groups in total. The predicted octanol–water partition coefficient (Wildman–Crippen LogP) is 3.68. The minimum atomic E-state index is -0.454. The van der Waals surface area contributed by atoms with Gasteiger partial charge in [-0.1, -0.05) is 6.07 Å². The van der Waals surface area contributed by atoms with Gasteiger partial charge in [-0.15, -0.1) is 0 Å². The van der Waals surface area contributed by atoms with Crippen molar-refractivity contribution in [2.24, 2.45) is 0 Å². The van der Waals surface area contributed by atoms with Crippen molar-refractivity contribution in [3.8, 4) is 0 Å². The van der Waals surface area contributed by atoms with Gasteiger partial charge in [-0.25, -0.2) is 9.18 Å². The Morgan fingerprint density at radius 1 is 1.26 bits per heavy atom. The summed E-state index contributed by atoms with van der Waals surface area (Å²) in [5, 5.41) is 0. The lowest BCUT2D eigenvalue weighted by Gasteiger charge is -2.35. The number of amides is 1. The maximum atomic E-state index is 13.2. The Morgan fingerprint density at radius 2 is 1.91 bits per heavy atom. The van der Waals surface area contributed by atoms with Crippen LogP contribution in [0.25, 0.3) is 0 Å². The largest absolute Gasteiger partial charge is 0.444 e. The summed E-state index contributed by atoms with van der Waals surface area (Å²) >= 11 is 3.21. The molecule has 1 heterocycles. The quantitative estimate of drug-likeness (QED) is 0.793. The molecule has 1 aliphatic rings. The molecule has 1 aromatic carbocycles. The van der Waals surface area contributed by atoms with Gasteiger partial charge in [0.25, 0.3) is 0 Å². The number of halogens is 2. The smallest absolute Gasteiger partial charge is 0.410 e. The van der Waals surface area contributed by atoms with Crippen LogP contribution in [0.3, 0.4) is 0 Å². The van der Waals surface area contributed by atoms with E-state index in [2.05, 4.69) is 20.8 Å². The van der Waals surface area contributed by atoms with Gasteiger partial charge in [0.1, 0.15) is 11.4 Å². The predicted molar refractivity (Wildman–Crippen MR) is 92.1 cm³/mol. The molecule has 0 saturated carbocycles. The highest BCUT2D eigenvalue weighted by Crippen LogP contribution is 2.18. The van der Waals surface area contributed by atoms with Gasteiger partial charge >= 0.3 is 6.09 Å². The van der Waals surface area contributed by atoms with Crippen LogP contribution in [-0.2, 0) is 11.2 Å². The zero-order valence-electron chi connectivity index (χ0n) is 13.9. The topological polar surface area (TPSA) is 32.8 Å². The third kappa shape index (κ3) is 5.77. The summed E-state index contributed by atoms with van der Waals surface area (Å²) in [5.74, 6) is -0.236. The lowest BCUT2D eigenvalue weighted by molar-refractivity contribution is 0.0146. The van der Waals surface area contributed by atoms with Crippen LogP contribution in [0.4, 0.5) is 9.18 Å². The van der Waals surface area contributed by atoms with Gasteiger partial charge < -0.3 is 9.64 Å². The minimum absolute atomic E-state index is 0.236. The van der Waals surface area contributed by atoms with Crippen molar-refractivity contribution < 1.29 is 13.9 Å². The SMILES string of the molecule is CC(C)(C)OC(=O)N1CCN(CCc2ccc(F)c(Br)c2)CC1. The van der Waals surface area contributed by atoms with Gasteiger partial charge in [0.2, 0.25) is 0 Å². The summed E-state index contributed by atoms with van der Waals surface area (Å²) in [6.07, 6.45) is 0.630. The van der Waals surface area contributed by atoms with Crippen LogP contribution >= 0.6 is 15.9 Å². The Bertz CT molecular complexity index is 552. The Balaban J connectivity index is 1.76. The molecule has 0 atom stereocenters. The number of benzene rings is 1. The van der Waals surface area contributed by atoms with Gasteiger partial charge in [-0.2, -0.15) is 0 Å². The molecule has 0 bridgehead atoms. The molecule has 128 valence electrons. The summed E-state index contributed by atoms with van der Waals surface area (Å²) in [6.45, 7) is 9.57. The van der Waals surface area contributed by atoms with Gasteiger partial charge in [-0.3, -0.25) is 4.90 Å². The normalized spacial score (nSPS) is 16.5. The standard InChI is InChI=1S/C17H24BrFN2O2/c1-17(2,3)23-16(22)21-10-8-20(9-11-21)7-6-13-4-5-15(19)14(18)12-13/h4-5,12H,6-11H2,1-3H3. The van der Waals surface area contributed by atoms with Crippen molar-refractivity contribution in [3.63, 3.8) is 0 Å². The third-order valence-corrected chi connectivity index (χ3v) is 4.33. The highest BCUT2D eigenvalue weighted by molar-refractivity contribution is 9.10. The summed E-state index contributed by atoms with van der Waals surface area (Å²) in [7, 11) is 0. The fourth-order valence-corrected chi connectivity index (χ4v) is 2.89. The number of carbonyl (C=O) groups excluding carboxylic acids is 1. The van der Waals surface area contributed by atoms with E-state index in [9.17, 15) is 9.18 Å². The average Bonchev–Trinajstić information content (AvgIpc) is 2.47. The van der Waals surface area contributed by atoms with Crippen molar-refractivity contribution in [3.05, 3.63) is 34.1 Å². The fourth-order valence-electron chi connectivity index (χ4n) is 2.46. The second kappa shape index (κ2) is 7.62. The van der Waals surface area contributed by atoms with Gasteiger partial charge in [0, 0.05) is 32.7 Å². The summed E-state index contributed by atoms with van der Waals surface area (Å²) in [4.78, 5) is 16.1. The summed E-state index contributed by atoms with van der Waals surface area (Å²) in [6, 6.07) is 5.13. The molecule has 1 amide bonds. The van der Waals surface area contributed by atoms with E-state index in [-0.39, 0.29) is 11.9 Å². The number of hydrogen-bond donors (Lipinski definition) is 0. The third-order valence-electron chi connectivity index (χ3n) is 3.72. The van der Waals surface area contributed by atoms with Crippen molar-refractivity contribution in [2.45, 2.75) is 32.8 Å². The van der Waals surface area contributed by atoms with E-state index >= 15 is 0 Å². The van der Waals surface area contributed by atoms with Crippen LogP contribution in [0.15, 0.2) is 22.7 Å². The van der Waals surface area contributed by atoms with E-state index in [1.165, 1.54) is 6.07 Å². The zero-order valence-corrected chi connectivity index (χ0v) is 15.5. The zero-order chi connectivity index (χ0) is 17.0. The van der Waals surface area contributed by atoms with Crippen LogP contribution < -0.4 is 0 Å². The van der Waals surface area contributed by atoms with Crippen molar-refractivity contribution in [1.82, 2.24) is 9.80 Å². The molecule has 0 aromatic heterocycles. The molecule has 0 unspecified atom stereocenters. The van der Waals surface area contributed by atoms with Gasteiger partial charge in [0.05, 0.1) is 4.47 Å². The molecule has 2 rings (SSSR count). The number of piperazine rings is 1. The molecule has 23 heavy (non-hydrogen) atoms. The highest BCUT2D eigenvalue weighted by Gasteiger charge is 2.25. The first kappa shape index (κ1) is 18.2. The molecule has 1 aromatic rings. The number of carbonyl (C=O) groups is 1. The van der Waals surface area contributed by atoms with E-state index in [0.717, 1.165) is 31.6 Å².